The lowest BCUT2D eigenvalue weighted by molar-refractivity contribution is -0.120. The van der Waals surface area contributed by atoms with Crippen molar-refractivity contribution in [1.82, 2.24) is 10.6 Å². The monoisotopic (exact) mass is 340 g/mol. The van der Waals surface area contributed by atoms with Crippen LogP contribution >= 0.6 is 0 Å². The minimum absolute atomic E-state index is 0.0557. The molecule has 0 saturated carbocycles. The summed E-state index contributed by atoms with van der Waals surface area (Å²) in [5.74, 6) is 0.311. The van der Waals surface area contributed by atoms with Crippen LogP contribution in [0.2, 0.25) is 0 Å². The highest BCUT2D eigenvalue weighted by atomic mass is 16.5. The molecule has 1 atom stereocenters. The molecule has 2 N–H and O–H groups in total. The van der Waals surface area contributed by atoms with E-state index in [1.165, 1.54) is 0 Å². The average molecular weight is 340 g/mol. The summed E-state index contributed by atoms with van der Waals surface area (Å²) in [4.78, 5) is 24.3. The summed E-state index contributed by atoms with van der Waals surface area (Å²) < 4.78 is 5.15. The van der Waals surface area contributed by atoms with Gasteiger partial charge in [0.25, 0.3) is 5.91 Å². The van der Waals surface area contributed by atoms with Crippen molar-refractivity contribution in [1.29, 1.82) is 0 Å². The molecule has 0 saturated heterocycles. The Hall–Kier alpha value is -2.82. The molecule has 0 aromatic heterocycles. The van der Waals surface area contributed by atoms with Gasteiger partial charge in [0.05, 0.1) is 19.7 Å². The molecule has 0 heterocycles. The summed E-state index contributed by atoms with van der Waals surface area (Å²) in [6.07, 6.45) is 0.754. The first kappa shape index (κ1) is 18.5. The predicted octanol–water partition coefficient (Wildman–Crippen LogP) is 3.00. The van der Waals surface area contributed by atoms with E-state index in [4.69, 9.17) is 4.74 Å². The largest absolute Gasteiger partial charge is 0.497 e. The van der Waals surface area contributed by atoms with Gasteiger partial charge in [0.1, 0.15) is 5.75 Å². The normalized spacial score (nSPS) is 11.5. The van der Waals surface area contributed by atoms with Gasteiger partial charge >= 0.3 is 0 Å². The van der Waals surface area contributed by atoms with Crippen molar-refractivity contribution in [3.8, 4) is 5.75 Å². The molecule has 5 nitrogen and oxygen atoms in total. The van der Waals surface area contributed by atoms with Gasteiger partial charge in [-0.3, -0.25) is 9.59 Å². The lowest BCUT2D eigenvalue weighted by Crippen LogP contribution is -2.38. The van der Waals surface area contributed by atoms with Crippen molar-refractivity contribution in [3.63, 3.8) is 0 Å². The van der Waals surface area contributed by atoms with Crippen LogP contribution in [0.5, 0.6) is 5.75 Å². The summed E-state index contributed by atoms with van der Waals surface area (Å²) >= 11 is 0. The lowest BCUT2D eigenvalue weighted by atomic mass is 10.0. The van der Waals surface area contributed by atoms with Gasteiger partial charge in [-0.05, 0) is 42.7 Å². The van der Waals surface area contributed by atoms with Gasteiger partial charge < -0.3 is 15.4 Å². The number of hydrogen-bond acceptors (Lipinski definition) is 3. The quantitative estimate of drug-likeness (QED) is 0.814. The van der Waals surface area contributed by atoms with Crippen LogP contribution < -0.4 is 15.4 Å². The van der Waals surface area contributed by atoms with Crippen molar-refractivity contribution < 1.29 is 14.3 Å². The van der Waals surface area contributed by atoms with Crippen LogP contribution in [0, 0.1) is 6.92 Å². The number of hydrogen-bond donors (Lipinski definition) is 2. The van der Waals surface area contributed by atoms with Gasteiger partial charge in [0.2, 0.25) is 5.91 Å². The Bertz CT molecular complexity index is 726. The molecular formula is C20H24N2O3. The third kappa shape index (κ3) is 5.08. The van der Waals surface area contributed by atoms with Crippen LogP contribution in [0.4, 0.5) is 0 Å². The van der Waals surface area contributed by atoms with Crippen LogP contribution in [0.1, 0.15) is 40.9 Å². The number of carbonyl (C=O) groups excluding carboxylic acids is 2. The lowest BCUT2D eigenvalue weighted by Gasteiger charge is -2.18. The minimum Gasteiger partial charge on any atom is -0.497 e. The second-order valence-corrected chi connectivity index (χ2v) is 5.80. The zero-order valence-corrected chi connectivity index (χ0v) is 14.8. The van der Waals surface area contributed by atoms with E-state index >= 15 is 0 Å². The Kier molecular flexibility index (Phi) is 6.57. The zero-order valence-electron chi connectivity index (χ0n) is 14.8. The second kappa shape index (κ2) is 8.87. The third-order valence-corrected chi connectivity index (χ3v) is 4.06. The topological polar surface area (TPSA) is 67.4 Å². The molecule has 2 rings (SSSR count). The number of carbonyl (C=O) groups is 2. The maximum atomic E-state index is 12.2. The van der Waals surface area contributed by atoms with Crippen LogP contribution in [0.15, 0.2) is 48.5 Å². The molecular weight excluding hydrogens is 316 g/mol. The van der Waals surface area contributed by atoms with Crippen LogP contribution in [0.3, 0.4) is 0 Å². The summed E-state index contributed by atoms with van der Waals surface area (Å²) in [7, 11) is 1.62. The van der Waals surface area contributed by atoms with E-state index in [9.17, 15) is 9.59 Å². The molecule has 0 aliphatic carbocycles. The molecule has 2 aromatic rings. The fourth-order valence-corrected chi connectivity index (χ4v) is 2.59. The first-order valence-electron chi connectivity index (χ1n) is 8.32. The summed E-state index contributed by atoms with van der Waals surface area (Å²) in [5, 5.41) is 5.62. The van der Waals surface area contributed by atoms with E-state index in [0.29, 0.717) is 5.56 Å². The molecule has 0 radical (unpaired) electrons. The SMILES string of the molecule is CCC(NC(=O)CNC(=O)c1ccccc1C)c1ccc(OC)cc1. The van der Waals surface area contributed by atoms with Crippen molar-refractivity contribution in [2.45, 2.75) is 26.3 Å². The number of methoxy groups -OCH3 is 1. The fourth-order valence-electron chi connectivity index (χ4n) is 2.59. The average Bonchev–Trinajstić information content (AvgIpc) is 2.64. The third-order valence-electron chi connectivity index (χ3n) is 4.06. The standard InChI is InChI=1S/C20H24N2O3/c1-4-18(15-9-11-16(25-3)12-10-15)22-19(23)13-21-20(24)17-8-6-5-7-14(17)2/h5-12,18H,4,13H2,1-3H3,(H,21,24)(H,22,23). The summed E-state index contributed by atoms with van der Waals surface area (Å²) in [6.45, 7) is 3.81. The van der Waals surface area contributed by atoms with E-state index in [1.54, 1.807) is 19.2 Å². The smallest absolute Gasteiger partial charge is 0.251 e. The Balaban J connectivity index is 1.91. The predicted molar refractivity (Wildman–Crippen MR) is 97.7 cm³/mol. The Morgan fingerprint density at radius 3 is 2.36 bits per heavy atom. The number of nitrogens with one attached hydrogen (secondary N) is 2. The maximum Gasteiger partial charge on any atom is 0.251 e. The van der Waals surface area contributed by atoms with Crippen LogP contribution in [-0.2, 0) is 4.79 Å². The van der Waals surface area contributed by atoms with Crippen molar-refractivity contribution in [3.05, 3.63) is 65.2 Å². The molecule has 0 fully saturated rings. The maximum absolute atomic E-state index is 12.2. The summed E-state index contributed by atoms with van der Waals surface area (Å²) in [6, 6.07) is 14.8. The number of aryl methyl sites for hydroxylation is 1. The van der Waals surface area contributed by atoms with Gasteiger partial charge in [-0.1, -0.05) is 37.3 Å². The number of amides is 2. The molecule has 1 unspecified atom stereocenters. The molecule has 0 bridgehead atoms. The molecule has 25 heavy (non-hydrogen) atoms. The Morgan fingerprint density at radius 2 is 1.76 bits per heavy atom. The molecule has 0 aliphatic rings. The van der Waals surface area contributed by atoms with E-state index in [0.717, 1.165) is 23.3 Å². The van der Waals surface area contributed by atoms with Crippen molar-refractivity contribution in [2.75, 3.05) is 13.7 Å². The van der Waals surface area contributed by atoms with Gasteiger partial charge in [-0.25, -0.2) is 0 Å². The van der Waals surface area contributed by atoms with Crippen LogP contribution in [-0.4, -0.2) is 25.5 Å². The Labute approximate surface area is 148 Å². The highest BCUT2D eigenvalue weighted by molar-refractivity contribution is 5.97. The zero-order chi connectivity index (χ0) is 18.2. The molecule has 2 amide bonds. The van der Waals surface area contributed by atoms with Crippen LogP contribution in [0.25, 0.3) is 0 Å². The van der Waals surface area contributed by atoms with E-state index < -0.39 is 0 Å². The summed E-state index contributed by atoms with van der Waals surface area (Å²) in [5.41, 5.74) is 2.46. The second-order valence-electron chi connectivity index (χ2n) is 5.80. The van der Waals surface area contributed by atoms with Crippen molar-refractivity contribution >= 4 is 11.8 Å². The fraction of sp³-hybridized carbons (Fsp3) is 0.300. The van der Waals surface area contributed by atoms with Gasteiger partial charge in [0.15, 0.2) is 0 Å². The van der Waals surface area contributed by atoms with E-state index in [2.05, 4.69) is 10.6 Å². The van der Waals surface area contributed by atoms with Gasteiger partial charge in [-0.2, -0.15) is 0 Å². The molecule has 0 aliphatic heterocycles. The van der Waals surface area contributed by atoms with Crippen molar-refractivity contribution in [2.24, 2.45) is 0 Å². The number of rotatable bonds is 7. The number of ether oxygens (including phenoxy) is 1. The molecule has 132 valence electrons. The molecule has 5 heteroatoms. The number of benzene rings is 2. The van der Waals surface area contributed by atoms with E-state index in [-0.39, 0.29) is 24.4 Å². The highest BCUT2D eigenvalue weighted by Gasteiger charge is 2.14. The van der Waals surface area contributed by atoms with Gasteiger partial charge in [-0.15, -0.1) is 0 Å². The minimum atomic E-state index is -0.245. The molecule has 2 aromatic carbocycles. The Morgan fingerprint density at radius 1 is 1.08 bits per heavy atom. The first-order chi connectivity index (χ1) is 12.0. The first-order valence-corrected chi connectivity index (χ1v) is 8.32. The molecule has 0 spiro atoms. The van der Waals surface area contributed by atoms with E-state index in [1.807, 2.05) is 50.2 Å². The highest BCUT2D eigenvalue weighted by Crippen LogP contribution is 2.19. The van der Waals surface area contributed by atoms with Gasteiger partial charge in [0, 0.05) is 5.56 Å².